The second kappa shape index (κ2) is 10.3. The lowest BCUT2D eigenvalue weighted by Gasteiger charge is -2.36. The van der Waals surface area contributed by atoms with E-state index in [1.54, 1.807) is 0 Å². The molecule has 1 saturated carbocycles. The third-order valence-electron chi connectivity index (χ3n) is 6.85. The third kappa shape index (κ3) is 5.88. The summed E-state index contributed by atoms with van der Waals surface area (Å²) in [5, 5.41) is 7.15. The number of nitrogens with one attached hydrogen (secondary N) is 2. The summed E-state index contributed by atoms with van der Waals surface area (Å²) in [4.78, 5) is 7.14. The normalized spacial score (nSPS) is 21.6. The van der Waals surface area contributed by atoms with Crippen LogP contribution in [0, 0.1) is 5.92 Å². The molecule has 1 aliphatic carbocycles. The largest absolute Gasteiger partial charge is 0.493 e. The molecule has 1 aromatic rings. The highest BCUT2D eigenvalue weighted by Gasteiger charge is 2.23. The minimum absolute atomic E-state index is 0.543. The monoisotopic (exact) mass is 398 g/mol. The summed E-state index contributed by atoms with van der Waals surface area (Å²) in [6, 6.07) is 7.14. The molecule has 0 spiro atoms. The number of guanidine groups is 1. The minimum Gasteiger partial charge on any atom is -0.493 e. The summed E-state index contributed by atoms with van der Waals surface area (Å²) in [5.74, 6) is 2.96. The number of likely N-dealkylation sites (tertiary alicyclic amines) is 1. The summed E-state index contributed by atoms with van der Waals surface area (Å²) in [5.41, 5.74) is 2.72. The lowest BCUT2D eigenvalue weighted by atomic mass is 9.88. The molecule has 1 saturated heterocycles. The molecule has 2 fully saturated rings. The summed E-state index contributed by atoms with van der Waals surface area (Å²) in [6.07, 6.45) is 11.7. The Kier molecular flexibility index (Phi) is 7.31. The van der Waals surface area contributed by atoms with Gasteiger partial charge in [0.2, 0.25) is 0 Å². The average molecular weight is 399 g/mol. The first-order chi connectivity index (χ1) is 14.3. The number of aliphatic imine (C=N–C) groups is 1. The molecule has 2 N–H and O–H groups in total. The van der Waals surface area contributed by atoms with Crippen LogP contribution in [0.1, 0.15) is 56.1 Å². The van der Waals surface area contributed by atoms with Crippen LogP contribution < -0.4 is 15.4 Å². The quantitative estimate of drug-likeness (QED) is 0.570. The predicted molar refractivity (Wildman–Crippen MR) is 120 cm³/mol. The highest BCUT2D eigenvalue weighted by molar-refractivity contribution is 5.79. The SMILES string of the molecule is CN=C(NCCc1ccc2c(c1)CCO2)NC1CCN(CC2CCCCC2)CC1. The Hall–Kier alpha value is -1.75. The Balaban J connectivity index is 1.15. The van der Waals surface area contributed by atoms with Crippen LogP contribution in [0.4, 0.5) is 0 Å². The van der Waals surface area contributed by atoms with Crippen molar-refractivity contribution < 1.29 is 4.74 Å². The van der Waals surface area contributed by atoms with E-state index in [0.717, 1.165) is 43.6 Å². The zero-order valence-corrected chi connectivity index (χ0v) is 18.1. The van der Waals surface area contributed by atoms with E-state index in [1.165, 1.54) is 75.7 Å². The van der Waals surface area contributed by atoms with Crippen molar-refractivity contribution in [3.8, 4) is 5.75 Å². The molecule has 29 heavy (non-hydrogen) atoms. The topological polar surface area (TPSA) is 48.9 Å². The van der Waals surface area contributed by atoms with Gasteiger partial charge in [0.1, 0.15) is 5.75 Å². The highest BCUT2D eigenvalue weighted by Crippen LogP contribution is 2.26. The molecule has 5 heteroatoms. The van der Waals surface area contributed by atoms with E-state index < -0.39 is 0 Å². The number of ether oxygens (including phenoxy) is 1. The second-order valence-electron chi connectivity index (χ2n) is 9.01. The Morgan fingerprint density at radius 2 is 1.97 bits per heavy atom. The van der Waals surface area contributed by atoms with Crippen molar-refractivity contribution in [2.75, 3.05) is 39.8 Å². The molecule has 1 aromatic carbocycles. The van der Waals surface area contributed by atoms with Gasteiger partial charge < -0.3 is 20.3 Å². The van der Waals surface area contributed by atoms with E-state index in [-0.39, 0.29) is 0 Å². The van der Waals surface area contributed by atoms with Gasteiger partial charge in [-0.25, -0.2) is 0 Å². The van der Waals surface area contributed by atoms with Crippen molar-refractivity contribution in [2.24, 2.45) is 10.9 Å². The van der Waals surface area contributed by atoms with E-state index in [4.69, 9.17) is 4.74 Å². The Morgan fingerprint density at radius 3 is 2.76 bits per heavy atom. The van der Waals surface area contributed by atoms with Crippen LogP contribution in [0.25, 0.3) is 0 Å². The maximum atomic E-state index is 5.60. The zero-order chi connectivity index (χ0) is 19.9. The molecule has 3 aliphatic rings. The lowest BCUT2D eigenvalue weighted by molar-refractivity contribution is 0.160. The average Bonchev–Trinajstić information content (AvgIpc) is 3.23. The molecule has 2 aliphatic heterocycles. The number of hydrogen-bond donors (Lipinski definition) is 2. The molecule has 0 unspecified atom stereocenters. The Morgan fingerprint density at radius 1 is 1.14 bits per heavy atom. The number of nitrogens with zero attached hydrogens (tertiary/aromatic N) is 2. The predicted octanol–water partition coefficient (Wildman–Crippen LogP) is 3.37. The van der Waals surface area contributed by atoms with Gasteiger partial charge in [0.25, 0.3) is 0 Å². The van der Waals surface area contributed by atoms with Gasteiger partial charge in [-0.1, -0.05) is 31.4 Å². The minimum atomic E-state index is 0.543. The molecule has 2 heterocycles. The van der Waals surface area contributed by atoms with E-state index in [0.29, 0.717) is 6.04 Å². The molecule has 4 rings (SSSR count). The van der Waals surface area contributed by atoms with E-state index in [2.05, 4.69) is 38.7 Å². The second-order valence-corrected chi connectivity index (χ2v) is 9.01. The molecule has 0 bridgehead atoms. The van der Waals surface area contributed by atoms with Crippen LogP contribution in [0.5, 0.6) is 5.75 Å². The fraction of sp³-hybridized carbons (Fsp3) is 0.708. The number of fused-ring (bicyclic) bond motifs is 1. The van der Waals surface area contributed by atoms with Crippen molar-refractivity contribution in [1.29, 1.82) is 0 Å². The fourth-order valence-electron chi connectivity index (χ4n) is 5.10. The Bertz CT molecular complexity index is 675. The van der Waals surface area contributed by atoms with Crippen LogP contribution in [0.15, 0.2) is 23.2 Å². The van der Waals surface area contributed by atoms with Crippen LogP contribution in [-0.4, -0.2) is 56.7 Å². The number of benzene rings is 1. The summed E-state index contributed by atoms with van der Waals surface area (Å²) in [6.45, 7) is 5.50. The van der Waals surface area contributed by atoms with Crippen molar-refractivity contribution >= 4 is 5.96 Å². The van der Waals surface area contributed by atoms with Gasteiger partial charge in [-0.3, -0.25) is 4.99 Å². The van der Waals surface area contributed by atoms with Crippen molar-refractivity contribution in [2.45, 2.75) is 63.8 Å². The first kappa shape index (κ1) is 20.5. The van der Waals surface area contributed by atoms with Gasteiger partial charge >= 0.3 is 0 Å². The first-order valence-corrected chi connectivity index (χ1v) is 11.7. The Labute approximate surface area is 176 Å². The molecular formula is C24H38N4O. The van der Waals surface area contributed by atoms with Gasteiger partial charge in [-0.15, -0.1) is 0 Å². The summed E-state index contributed by atoms with van der Waals surface area (Å²) in [7, 11) is 1.88. The van der Waals surface area contributed by atoms with Gasteiger partial charge in [0, 0.05) is 45.7 Å². The molecule has 0 amide bonds. The van der Waals surface area contributed by atoms with Gasteiger partial charge in [0.05, 0.1) is 6.61 Å². The molecule has 0 atom stereocenters. The van der Waals surface area contributed by atoms with E-state index in [1.807, 2.05) is 7.05 Å². The molecule has 0 radical (unpaired) electrons. The van der Waals surface area contributed by atoms with Crippen molar-refractivity contribution in [1.82, 2.24) is 15.5 Å². The van der Waals surface area contributed by atoms with Crippen molar-refractivity contribution in [3.05, 3.63) is 29.3 Å². The van der Waals surface area contributed by atoms with Gasteiger partial charge in [-0.05, 0) is 55.2 Å². The van der Waals surface area contributed by atoms with Crippen LogP contribution in [-0.2, 0) is 12.8 Å². The van der Waals surface area contributed by atoms with Gasteiger partial charge in [0.15, 0.2) is 5.96 Å². The standard InChI is InChI=1S/C24H38N4O/c1-25-24(26-13-9-19-7-8-23-21(17-19)12-16-29-23)27-22-10-14-28(15-11-22)18-20-5-3-2-4-6-20/h7-8,17,20,22H,2-6,9-16,18H2,1H3,(H2,25,26,27). The van der Waals surface area contributed by atoms with E-state index in [9.17, 15) is 0 Å². The van der Waals surface area contributed by atoms with Crippen LogP contribution >= 0.6 is 0 Å². The van der Waals surface area contributed by atoms with Crippen LogP contribution in [0.3, 0.4) is 0 Å². The number of piperidine rings is 1. The maximum Gasteiger partial charge on any atom is 0.191 e. The number of hydrogen-bond acceptors (Lipinski definition) is 3. The number of rotatable bonds is 6. The summed E-state index contributed by atoms with van der Waals surface area (Å²) >= 11 is 0. The first-order valence-electron chi connectivity index (χ1n) is 11.7. The fourth-order valence-corrected chi connectivity index (χ4v) is 5.10. The third-order valence-corrected chi connectivity index (χ3v) is 6.85. The molecule has 5 nitrogen and oxygen atoms in total. The molecule has 0 aromatic heterocycles. The summed E-state index contributed by atoms with van der Waals surface area (Å²) < 4.78 is 5.60. The zero-order valence-electron chi connectivity index (χ0n) is 18.1. The molecule has 160 valence electrons. The molecular weight excluding hydrogens is 360 g/mol. The van der Waals surface area contributed by atoms with Crippen LogP contribution in [0.2, 0.25) is 0 Å². The smallest absolute Gasteiger partial charge is 0.191 e. The van der Waals surface area contributed by atoms with Crippen molar-refractivity contribution in [3.63, 3.8) is 0 Å². The van der Waals surface area contributed by atoms with E-state index >= 15 is 0 Å². The maximum absolute atomic E-state index is 5.60. The van der Waals surface area contributed by atoms with Gasteiger partial charge in [-0.2, -0.15) is 0 Å². The highest BCUT2D eigenvalue weighted by atomic mass is 16.5. The lowest BCUT2D eigenvalue weighted by Crippen LogP contribution is -2.49.